The van der Waals surface area contributed by atoms with Crippen molar-refractivity contribution >= 4 is 11.8 Å². The Labute approximate surface area is 132 Å². The summed E-state index contributed by atoms with van der Waals surface area (Å²) in [7, 11) is 3.40. The second-order valence-electron chi connectivity index (χ2n) is 5.63. The monoisotopic (exact) mass is 305 g/mol. The van der Waals surface area contributed by atoms with Gasteiger partial charge in [-0.2, -0.15) is 0 Å². The van der Waals surface area contributed by atoms with Gasteiger partial charge in [0, 0.05) is 32.7 Å². The molecule has 5 heteroatoms. The second-order valence-corrected chi connectivity index (χ2v) is 5.63. The Kier molecular flexibility index (Phi) is 6.56. The predicted molar refractivity (Wildman–Crippen MR) is 88.4 cm³/mol. The van der Waals surface area contributed by atoms with Crippen LogP contribution in [0.5, 0.6) is 0 Å². The van der Waals surface area contributed by atoms with Crippen LogP contribution in [0.15, 0.2) is 24.3 Å². The van der Waals surface area contributed by atoms with Crippen LogP contribution >= 0.6 is 0 Å². The van der Waals surface area contributed by atoms with Crippen molar-refractivity contribution in [1.29, 1.82) is 0 Å². The van der Waals surface area contributed by atoms with Gasteiger partial charge in [-0.25, -0.2) is 0 Å². The van der Waals surface area contributed by atoms with E-state index in [2.05, 4.69) is 5.32 Å². The van der Waals surface area contributed by atoms with Crippen molar-refractivity contribution in [1.82, 2.24) is 10.2 Å². The molecule has 0 spiro atoms. The van der Waals surface area contributed by atoms with Gasteiger partial charge in [-0.15, -0.1) is 0 Å². The van der Waals surface area contributed by atoms with E-state index in [9.17, 15) is 9.59 Å². The van der Waals surface area contributed by atoms with Crippen molar-refractivity contribution in [2.75, 3.05) is 20.6 Å². The van der Waals surface area contributed by atoms with E-state index in [1.807, 2.05) is 26.0 Å². The number of nitrogens with one attached hydrogen (secondary N) is 1. The second kappa shape index (κ2) is 7.94. The molecule has 0 radical (unpaired) electrons. The van der Waals surface area contributed by atoms with E-state index in [0.29, 0.717) is 18.7 Å². The zero-order chi connectivity index (χ0) is 16.8. The molecule has 0 unspecified atom stereocenters. The van der Waals surface area contributed by atoms with Gasteiger partial charge in [-0.05, 0) is 30.5 Å². The van der Waals surface area contributed by atoms with Crippen LogP contribution in [0, 0.1) is 5.41 Å². The smallest absolute Gasteiger partial charge is 0.251 e. The number of rotatable bonds is 7. The topological polar surface area (TPSA) is 75.4 Å². The third-order valence-electron chi connectivity index (χ3n) is 4.41. The summed E-state index contributed by atoms with van der Waals surface area (Å²) in [5, 5.41) is 2.59. The van der Waals surface area contributed by atoms with Gasteiger partial charge in [0.2, 0.25) is 5.91 Å². The molecular formula is C17H27N3O2. The number of benzene rings is 1. The molecule has 0 fully saturated rings. The fourth-order valence-electron chi connectivity index (χ4n) is 2.58. The van der Waals surface area contributed by atoms with E-state index in [1.165, 1.54) is 0 Å². The van der Waals surface area contributed by atoms with Gasteiger partial charge < -0.3 is 16.0 Å². The normalized spacial score (nSPS) is 11.1. The van der Waals surface area contributed by atoms with Crippen LogP contribution < -0.4 is 11.1 Å². The third kappa shape index (κ3) is 3.85. The maximum absolute atomic E-state index is 12.7. The van der Waals surface area contributed by atoms with Crippen LogP contribution in [0.1, 0.15) is 42.6 Å². The quantitative estimate of drug-likeness (QED) is 0.806. The molecule has 0 saturated carbocycles. The van der Waals surface area contributed by atoms with Crippen molar-refractivity contribution in [2.45, 2.75) is 33.2 Å². The van der Waals surface area contributed by atoms with Gasteiger partial charge in [0.15, 0.2) is 0 Å². The minimum absolute atomic E-state index is 0.0791. The number of nitrogens with zero attached hydrogens (tertiary/aromatic N) is 1. The highest BCUT2D eigenvalue weighted by atomic mass is 16.2. The first-order valence-corrected chi connectivity index (χ1v) is 7.70. The highest BCUT2D eigenvalue weighted by Crippen LogP contribution is 2.27. The molecule has 1 aromatic rings. The number of nitrogens with two attached hydrogens (primary N) is 1. The average molecular weight is 305 g/mol. The first-order valence-electron chi connectivity index (χ1n) is 7.70. The van der Waals surface area contributed by atoms with Crippen LogP contribution in [0.3, 0.4) is 0 Å². The Balaban J connectivity index is 2.81. The van der Waals surface area contributed by atoms with Gasteiger partial charge in [0.05, 0.1) is 5.41 Å². The van der Waals surface area contributed by atoms with Crippen molar-refractivity contribution in [3.05, 3.63) is 35.4 Å². The summed E-state index contributed by atoms with van der Waals surface area (Å²) in [6.07, 6.45) is 1.47. The SMILES string of the molecule is CCC(CC)(CN)C(=O)N(C)Cc1ccc(C(=O)NC)cc1. The zero-order valence-electron chi connectivity index (χ0n) is 14.0. The lowest BCUT2D eigenvalue weighted by molar-refractivity contribution is -0.141. The van der Waals surface area contributed by atoms with Crippen molar-refractivity contribution in [2.24, 2.45) is 11.1 Å². The predicted octanol–water partition coefficient (Wildman–Crippen LogP) is 1.77. The first-order chi connectivity index (χ1) is 10.4. The minimum Gasteiger partial charge on any atom is -0.355 e. The number of amides is 2. The van der Waals surface area contributed by atoms with Crippen molar-refractivity contribution < 1.29 is 9.59 Å². The van der Waals surface area contributed by atoms with Gasteiger partial charge in [-0.3, -0.25) is 9.59 Å². The van der Waals surface area contributed by atoms with Crippen molar-refractivity contribution in [3.8, 4) is 0 Å². The summed E-state index contributed by atoms with van der Waals surface area (Å²) in [6, 6.07) is 7.28. The summed E-state index contributed by atoms with van der Waals surface area (Å²) in [5.74, 6) is -0.0366. The Hall–Kier alpha value is -1.88. The summed E-state index contributed by atoms with van der Waals surface area (Å²) in [6.45, 7) is 4.87. The molecule has 0 saturated heterocycles. The first kappa shape index (κ1) is 18.2. The average Bonchev–Trinajstić information content (AvgIpc) is 2.56. The van der Waals surface area contributed by atoms with Gasteiger partial charge in [0.25, 0.3) is 5.91 Å². The zero-order valence-corrected chi connectivity index (χ0v) is 14.0. The molecule has 0 heterocycles. The van der Waals surface area contributed by atoms with E-state index in [1.54, 1.807) is 31.1 Å². The molecular weight excluding hydrogens is 278 g/mol. The van der Waals surface area contributed by atoms with Crippen LogP contribution in [-0.4, -0.2) is 37.4 Å². The van der Waals surface area contributed by atoms with E-state index in [0.717, 1.165) is 18.4 Å². The molecule has 5 nitrogen and oxygen atoms in total. The molecule has 122 valence electrons. The maximum atomic E-state index is 12.7. The summed E-state index contributed by atoms with van der Waals surface area (Å²) < 4.78 is 0. The number of carbonyl (C=O) groups excluding carboxylic acids is 2. The molecule has 22 heavy (non-hydrogen) atoms. The highest BCUT2D eigenvalue weighted by molar-refractivity contribution is 5.93. The molecule has 2 amide bonds. The molecule has 0 aliphatic heterocycles. The van der Waals surface area contributed by atoms with E-state index in [4.69, 9.17) is 5.73 Å². The van der Waals surface area contributed by atoms with E-state index < -0.39 is 5.41 Å². The Morgan fingerprint density at radius 2 is 1.73 bits per heavy atom. The Morgan fingerprint density at radius 1 is 1.18 bits per heavy atom. The molecule has 1 rings (SSSR count). The molecule has 0 aromatic heterocycles. The molecule has 1 aromatic carbocycles. The number of carbonyl (C=O) groups is 2. The van der Waals surface area contributed by atoms with Crippen LogP contribution in [-0.2, 0) is 11.3 Å². The lowest BCUT2D eigenvalue weighted by Crippen LogP contribution is -2.45. The third-order valence-corrected chi connectivity index (χ3v) is 4.41. The summed E-state index contributed by atoms with van der Waals surface area (Å²) >= 11 is 0. The van der Waals surface area contributed by atoms with Crippen LogP contribution in [0.2, 0.25) is 0 Å². The molecule has 0 bridgehead atoms. The van der Waals surface area contributed by atoms with E-state index >= 15 is 0 Å². The molecule has 0 aliphatic rings. The van der Waals surface area contributed by atoms with Crippen molar-refractivity contribution in [3.63, 3.8) is 0 Å². The fraction of sp³-hybridized carbons (Fsp3) is 0.529. The summed E-state index contributed by atoms with van der Waals surface area (Å²) in [5.41, 5.74) is 6.96. The Bertz CT molecular complexity index is 499. The molecule has 3 N–H and O–H groups in total. The summed E-state index contributed by atoms with van der Waals surface area (Å²) in [4.78, 5) is 25.9. The Morgan fingerprint density at radius 3 is 2.14 bits per heavy atom. The number of hydrogen-bond donors (Lipinski definition) is 2. The van der Waals surface area contributed by atoms with Crippen LogP contribution in [0.25, 0.3) is 0 Å². The standard InChI is InChI=1S/C17H27N3O2/c1-5-17(6-2,12-18)16(22)20(4)11-13-7-9-14(10-8-13)15(21)19-3/h7-10H,5-6,11-12,18H2,1-4H3,(H,19,21). The molecule has 0 atom stereocenters. The largest absolute Gasteiger partial charge is 0.355 e. The lowest BCUT2D eigenvalue weighted by Gasteiger charge is -2.33. The van der Waals surface area contributed by atoms with E-state index in [-0.39, 0.29) is 11.8 Å². The van der Waals surface area contributed by atoms with Crippen LogP contribution in [0.4, 0.5) is 0 Å². The van der Waals surface area contributed by atoms with Gasteiger partial charge in [0.1, 0.15) is 0 Å². The van der Waals surface area contributed by atoms with Gasteiger partial charge >= 0.3 is 0 Å². The number of hydrogen-bond acceptors (Lipinski definition) is 3. The minimum atomic E-state index is -0.475. The van der Waals surface area contributed by atoms with Gasteiger partial charge in [-0.1, -0.05) is 26.0 Å². The molecule has 0 aliphatic carbocycles. The fourth-order valence-corrected chi connectivity index (χ4v) is 2.58. The lowest BCUT2D eigenvalue weighted by atomic mass is 9.81. The maximum Gasteiger partial charge on any atom is 0.251 e. The highest BCUT2D eigenvalue weighted by Gasteiger charge is 2.35.